The minimum Gasteiger partial charge on any atom is -0.488 e. The summed E-state index contributed by atoms with van der Waals surface area (Å²) in [5.41, 5.74) is 3.01. The molecular weight excluding hydrogens is 354 g/mol. The van der Waals surface area contributed by atoms with Crippen LogP contribution in [0.15, 0.2) is 47.4 Å². The predicted octanol–water partition coefficient (Wildman–Crippen LogP) is 1.82. The van der Waals surface area contributed by atoms with Crippen LogP contribution in [0, 0.1) is 0 Å². The lowest BCUT2D eigenvalue weighted by Gasteiger charge is -2.11. The van der Waals surface area contributed by atoms with Gasteiger partial charge in [-0.25, -0.2) is 8.42 Å². The van der Waals surface area contributed by atoms with Gasteiger partial charge in [0.05, 0.1) is 11.4 Å². The zero-order chi connectivity index (χ0) is 18.7. The van der Waals surface area contributed by atoms with Gasteiger partial charge in [-0.1, -0.05) is 18.2 Å². The second-order valence-electron chi connectivity index (χ2n) is 6.30. The topological polar surface area (TPSA) is 81.7 Å². The molecule has 0 saturated carbocycles. The Bertz CT molecular complexity index is 906. The van der Waals surface area contributed by atoms with Crippen LogP contribution in [-0.2, 0) is 25.8 Å². The number of methoxy groups -OCH3 is 1. The van der Waals surface area contributed by atoms with Crippen LogP contribution < -0.4 is 10.1 Å². The van der Waals surface area contributed by atoms with E-state index >= 15 is 0 Å². The number of hydrogen-bond acceptors (Lipinski definition) is 5. The van der Waals surface area contributed by atoms with Gasteiger partial charge in [-0.15, -0.1) is 0 Å². The Kier molecular flexibility index (Phi) is 5.29. The van der Waals surface area contributed by atoms with Crippen molar-refractivity contribution in [3.63, 3.8) is 0 Å². The highest BCUT2D eigenvalue weighted by Crippen LogP contribution is 2.33. The highest BCUT2D eigenvalue weighted by molar-refractivity contribution is 7.90. The lowest BCUT2D eigenvalue weighted by atomic mass is 10.0. The third-order valence-electron chi connectivity index (χ3n) is 4.22. The Morgan fingerprint density at radius 2 is 1.88 bits per heavy atom. The molecule has 1 N–H and O–H groups in total. The van der Waals surface area contributed by atoms with Crippen LogP contribution >= 0.6 is 0 Å². The van der Waals surface area contributed by atoms with Gasteiger partial charge in [0.25, 0.3) is 0 Å². The standard InChI is InChI=1S/C19H21NO5S/c1-24-12-19(21)20-11-16-10-15-9-14(5-8-18(15)25-16)13-3-6-17(7-4-13)26(2,22)23/h3-9,16H,10-12H2,1-2H3,(H,20,21). The first-order chi connectivity index (χ1) is 12.4. The zero-order valence-corrected chi connectivity index (χ0v) is 15.5. The van der Waals surface area contributed by atoms with E-state index in [1.165, 1.54) is 13.4 Å². The lowest BCUT2D eigenvalue weighted by molar-refractivity contribution is -0.125. The van der Waals surface area contributed by atoms with Crippen LogP contribution in [0.5, 0.6) is 5.75 Å². The van der Waals surface area contributed by atoms with E-state index < -0.39 is 9.84 Å². The van der Waals surface area contributed by atoms with Gasteiger partial charge in [0.15, 0.2) is 9.84 Å². The monoisotopic (exact) mass is 375 g/mol. The summed E-state index contributed by atoms with van der Waals surface area (Å²) in [7, 11) is -1.72. The molecule has 6 nitrogen and oxygen atoms in total. The minimum atomic E-state index is -3.20. The molecule has 26 heavy (non-hydrogen) atoms. The number of fused-ring (bicyclic) bond motifs is 1. The maximum absolute atomic E-state index is 11.6. The molecule has 1 amide bonds. The Morgan fingerprint density at radius 3 is 2.54 bits per heavy atom. The highest BCUT2D eigenvalue weighted by Gasteiger charge is 2.23. The fraction of sp³-hybridized carbons (Fsp3) is 0.316. The van der Waals surface area contributed by atoms with Crippen molar-refractivity contribution in [3.8, 4) is 16.9 Å². The van der Waals surface area contributed by atoms with Gasteiger partial charge < -0.3 is 14.8 Å². The van der Waals surface area contributed by atoms with Crippen molar-refractivity contribution in [1.29, 1.82) is 0 Å². The average Bonchev–Trinajstić information content (AvgIpc) is 3.01. The molecule has 3 rings (SSSR count). The van der Waals surface area contributed by atoms with Crippen molar-refractivity contribution >= 4 is 15.7 Å². The van der Waals surface area contributed by atoms with E-state index in [9.17, 15) is 13.2 Å². The lowest BCUT2D eigenvalue weighted by Crippen LogP contribution is -2.36. The van der Waals surface area contributed by atoms with E-state index in [4.69, 9.17) is 9.47 Å². The molecule has 0 spiro atoms. The smallest absolute Gasteiger partial charge is 0.246 e. The van der Waals surface area contributed by atoms with Crippen LogP contribution in [0.1, 0.15) is 5.56 Å². The van der Waals surface area contributed by atoms with E-state index in [1.54, 1.807) is 24.3 Å². The van der Waals surface area contributed by atoms with Crippen LogP contribution in [-0.4, -0.2) is 46.9 Å². The van der Waals surface area contributed by atoms with Crippen LogP contribution in [0.3, 0.4) is 0 Å². The fourth-order valence-corrected chi connectivity index (χ4v) is 3.55. The predicted molar refractivity (Wildman–Crippen MR) is 98.0 cm³/mol. The molecule has 1 atom stereocenters. The average molecular weight is 375 g/mol. The molecule has 0 radical (unpaired) electrons. The van der Waals surface area contributed by atoms with Crippen molar-refractivity contribution in [2.45, 2.75) is 17.4 Å². The van der Waals surface area contributed by atoms with Crippen molar-refractivity contribution in [1.82, 2.24) is 5.32 Å². The van der Waals surface area contributed by atoms with Crippen molar-refractivity contribution in [3.05, 3.63) is 48.0 Å². The summed E-state index contributed by atoms with van der Waals surface area (Å²) in [6, 6.07) is 12.7. The molecule has 0 aliphatic carbocycles. The maximum atomic E-state index is 11.6. The molecular formula is C19H21NO5S. The number of carbonyl (C=O) groups excluding carboxylic acids is 1. The molecule has 0 aromatic heterocycles. The minimum absolute atomic E-state index is 0.0350. The second kappa shape index (κ2) is 7.47. The summed E-state index contributed by atoms with van der Waals surface area (Å²) in [4.78, 5) is 11.8. The van der Waals surface area contributed by atoms with Crippen LogP contribution in [0.25, 0.3) is 11.1 Å². The first-order valence-electron chi connectivity index (χ1n) is 8.22. The Labute approximate surface area is 153 Å². The van der Waals surface area contributed by atoms with E-state index in [-0.39, 0.29) is 18.6 Å². The van der Waals surface area contributed by atoms with Crippen molar-refractivity contribution in [2.75, 3.05) is 26.5 Å². The van der Waals surface area contributed by atoms with Gasteiger partial charge in [0, 0.05) is 19.8 Å². The molecule has 2 aromatic carbocycles. The van der Waals surface area contributed by atoms with Crippen LogP contribution in [0.4, 0.5) is 0 Å². The SMILES string of the molecule is COCC(=O)NCC1Cc2cc(-c3ccc(S(C)(=O)=O)cc3)ccc2O1. The molecule has 1 unspecified atom stereocenters. The molecule has 1 heterocycles. The van der Waals surface area contributed by atoms with E-state index in [1.807, 2.05) is 18.2 Å². The van der Waals surface area contributed by atoms with Crippen LogP contribution in [0.2, 0.25) is 0 Å². The number of rotatable bonds is 6. The van der Waals surface area contributed by atoms with Gasteiger partial charge in [-0.3, -0.25) is 4.79 Å². The number of benzene rings is 2. The summed E-state index contributed by atoms with van der Waals surface area (Å²) in [6.45, 7) is 0.461. The normalized spacial score (nSPS) is 16.0. The van der Waals surface area contributed by atoms with E-state index in [2.05, 4.69) is 5.32 Å². The molecule has 1 aliphatic rings. The van der Waals surface area contributed by atoms with Gasteiger partial charge in [-0.05, 0) is 41.0 Å². The Balaban J connectivity index is 1.70. The summed E-state index contributed by atoms with van der Waals surface area (Å²) >= 11 is 0. The summed E-state index contributed by atoms with van der Waals surface area (Å²) in [6.07, 6.45) is 1.80. The van der Waals surface area contributed by atoms with Gasteiger partial charge in [-0.2, -0.15) is 0 Å². The maximum Gasteiger partial charge on any atom is 0.246 e. The number of nitrogens with one attached hydrogen (secondary N) is 1. The number of ether oxygens (including phenoxy) is 2. The quantitative estimate of drug-likeness (QED) is 0.833. The summed E-state index contributed by atoms with van der Waals surface area (Å²) < 4.78 is 33.8. The van der Waals surface area contributed by atoms with Gasteiger partial charge in [0.2, 0.25) is 5.91 Å². The zero-order valence-electron chi connectivity index (χ0n) is 14.7. The van der Waals surface area contributed by atoms with Crippen molar-refractivity contribution in [2.24, 2.45) is 0 Å². The first-order valence-corrected chi connectivity index (χ1v) is 10.1. The first kappa shape index (κ1) is 18.4. The Morgan fingerprint density at radius 1 is 1.19 bits per heavy atom. The van der Waals surface area contributed by atoms with Crippen molar-refractivity contribution < 1.29 is 22.7 Å². The molecule has 0 fully saturated rings. The molecule has 1 aliphatic heterocycles. The molecule has 7 heteroatoms. The molecule has 138 valence electrons. The third-order valence-corrected chi connectivity index (χ3v) is 5.35. The summed E-state index contributed by atoms with van der Waals surface area (Å²) in [5.74, 6) is 0.645. The molecule has 2 aromatic rings. The highest BCUT2D eigenvalue weighted by atomic mass is 32.2. The summed E-state index contributed by atoms with van der Waals surface area (Å²) in [5, 5.41) is 2.78. The fourth-order valence-electron chi connectivity index (χ4n) is 2.92. The third kappa shape index (κ3) is 4.23. The molecule has 0 saturated heterocycles. The van der Waals surface area contributed by atoms with Gasteiger partial charge >= 0.3 is 0 Å². The van der Waals surface area contributed by atoms with E-state index in [0.29, 0.717) is 17.9 Å². The second-order valence-corrected chi connectivity index (χ2v) is 8.32. The van der Waals surface area contributed by atoms with Gasteiger partial charge in [0.1, 0.15) is 18.5 Å². The number of amides is 1. The number of hydrogen-bond donors (Lipinski definition) is 1. The molecule has 0 bridgehead atoms. The number of carbonyl (C=O) groups is 1. The number of sulfone groups is 1. The largest absolute Gasteiger partial charge is 0.488 e. The Hall–Kier alpha value is -2.38. The van der Waals surface area contributed by atoms with E-state index in [0.717, 1.165) is 22.4 Å².